The molecule has 268 valence electrons. The van der Waals surface area contributed by atoms with Crippen LogP contribution in [0.25, 0.3) is 89.2 Å². The molecule has 3 aromatic heterocycles. The molecular formula is C51H32N4O2. The molecule has 0 atom stereocenters. The van der Waals surface area contributed by atoms with Crippen LogP contribution in [0.3, 0.4) is 0 Å². The maximum Gasteiger partial charge on any atom is 0.164 e. The molecule has 0 aliphatic heterocycles. The van der Waals surface area contributed by atoms with Crippen LogP contribution in [0.15, 0.2) is 203 Å². The normalized spacial score (nSPS) is 11.5. The summed E-state index contributed by atoms with van der Waals surface area (Å²) in [5, 5.41) is 4.27. The lowest BCUT2D eigenvalue weighted by atomic mass is 9.96. The molecule has 0 spiro atoms. The number of hydrogen-bond acceptors (Lipinski definition) is 6. The van der Waals surface area contributed by atoms with Gasteiger partial charge in [-0.05, 0) is 77.9 Å². The van der Waals surface area contributed by atoms with E-state index in [2.05, 4.69) is 108 Å². The minimum atomic E-state index is 0.570. The molecule has 0 amide bonds. The third-order valence-electron chi connectivity index (χ3n) is 10.5. The average molecular weight is 733 g/mol. The summed E-state index contributed by atoms with van der Waals surface area (Å²) in [7, 11) is 0. The van der Waals surface area contributed by atoms with Crippen molar-refractivity contribution in [2.45, 2.75) is 0 Å². The second-order valence-corrected chi connectivity index (χ2v) is 14.0. The van der Waals surface area contributed by atoms with Crippen molar-refractivity contribution in [1.82, 2.24) is 15.0 Å². The number of anilines is 3. The third-order valence-corrected chi connectivity index (χ3v) is 10.5. The molecule has 0 N–H and O–H groups in total. The van der Waals surface area contributed by atoms with Gasteiger partial charge in [-0.15, -0.1) is 0 Å². The van der Waals surface area contributed by atoms with E-state index in [0.717, 1.165) is 88.8 Å². The summed E-state index contributed by atoms with van der Waals surface area (Å²) in [5.41, 5.74) is 11.2. The van der Waals surface area contributed by atoms with Crippen LogP contribution in [0, 0.1) is 0 Å². The Kier molecular flexibility index (Phi) is 7.71. The summed E-state index contributed by atoms with van der Waals surface area (Å²) in [6, 6.07) is 66.3. The van der Waals surface area contributed by atoms with Gasteiger partial charge in [0.05, 0.1) is 0 Å². The van der Waals surface area contributed by atoms with Crippen LogP contribution in [-0.4, -0.2) is 15.0 Å². The molecule has 6 nitrogen and oxygen atoms in total. The molecule has 8 aromatic carbocycles. The topological polar surface area (TPSA) is 68.2 Å². The summed E-state index contributed by atoms with van der Waals surface area (Å²) in [6.07, 6.45) is 0. The zero-order chi connectivity index (χ0) is 37.7. The Morgan fingerprint density at radius 3 is 1.47 bits per heavy atom. The van der Waals surface area contributed by atoms with Crippen LogP contribution in [0.4, 0.5) is 17.1 Å². The summed E-state index contributed by atoms with van der Waals surface area (Å²) >= 11 is 0. The summed E-state index contributed by atoms with van der Waals surface area (Å²) in [6.45, 7) is 0. The molecule has 6 heteroatoms. The number of aromatic nitrogens is 3. The molecule has 0 saturated heterocycles. The quantitative estimate of drug-likeness (QED) is 0.162. The molecule has 0 fully saturated rings. The van der Waals surface area contributed by atoms with E-state index in [1.807, 2.05) is 91.0 Å². The van der Waals surface area contributed by atoms with Gasteiger partial charge < -0.3 is 13.7 Å². The minimum Gasteiger partial charge on any atom is -0.456 e. The Labute approximate surface area is 328 Å². The largest absolute Gasteiger partial charge is 0.456 e. The van der Waals surface area contributed by atoms with E-state index >= 15 is 0 Å². The van der Waals surface area contributed by atoms with E-state index in [0.29, 0.717) is 17.5 Å². The van der Waals surface area contributed by atoms with Gasteiger partial charge in [0, 0.05) is 55.3 Å². The fourth-order valence-corrected chi connectivity index (χ4v) is 7.82. The van der Waals surface area contributed by atoms with Crippen LogP contribution in [0.1, 0.15) is 0 Å². The van der Waals surface area contributed by atoms with E-state index in [-0.39, 0.29) is 0 Å². The number of benzene rings is 8. The maximum absolute atomic E-state index is 6.56. The van der Waals surface area contributed by atoms with E-state index in [9.17, 15) is 0 Å². The number of rotatable bonds is 7. The Morgan fingerprint density at radius 1 is 0.316 bits per heavy atom. The highest BCUT2D eigenvalue weighted by atomic mass is 16.3. The highest BCUT2D eigenvalue weighted by Gasteiger charge is 2.20. The van der Waals surface area contributed by atoms with Gasteiger partial charge in [-0.2, -0.15) is 0 Å². The van der Waals surface area contributed by atoms with Gasteiger partial charge in [0.25, 0.3) is 0 Å². The summed E-state index contributed by atoms with van der Waals surface area (Å²) in [5.74, 6) is 1.79. The average Bonchev–Trinajstić information content (AvgIpc) is 3.85. The second-order valence-electron chi connectivity index (χ2n) is 14.0. The van der Waals surface area contributed by atoms with E-state index < -0.39 is 0 Å². The molecule has 11 aromatic rings. The monoisotopic (exact) mass is 732 g/mol. The molecule has 3 heterocycles. The fraction of sp³-hybridized carbons (Fsp3) is 0. The van der Waals surface area contributed by atoms with Crippen molar-refractivity contribution >= 4 is 60.9 Å². The molecule has 0 saturated carbocycles. The van der Waals surface area contributed by atoms with Gasteiger partial charge in [0.15, 0.2) is 17.5 Å². The Morgan fingerprint density at radius 2 is 0.807 bits per heavy atom. The number of fused-ring (bicyclic) bond motifs is 6. The van der Waals surface area contributed by atoms with Crippen molar-refractivity contribution in [3.8, 4) is 45.3 Å². The molecule has 0 unspecified atom stereocenters. The van der Waals surface area contributed by atoms with Gasteiger partial charge in [-0.1, -0.05) is 127 Å². The standard InChI is InChI=1S/C51H32N4O2/c1-4-14-34(15-5-1)49-52-50(35-16-6-2-7-17-35)54-51(53-49)36-30-42(48-41-21-11-13-23-45(41)57-47(48)31-36)33-24-26-38(27-25-33)55(37-18-8-3-9-19-37)39-28-29-46-43(32-39)40-20-10-12-22-44(40)56-46/h1-32H. The van der Waals surface area contributed by atoms with E-state index in [1.54, 1.807) is 0 Å². The van der Waals surface area contributed by atoms with Gasteiger partial charge in [-0.25, -0.2) is 15.0 Å². The molecule has 0 aliphatic carbocycles. The summed E-state index contributed by atoms with van der Waals surface area (Å²) < 4.78 is 12.7. The van der Waals surface area contributed by atoms with Crippen molar-refractivity contribution in [3.63, 3.8) is 0 Å². The van der Waals surface area contributed by atoms with Crippen LogP contribution in [0.2, 0.25) is 0 Å². The van der Waals surface area contributed by atoms with Gasteiger partial charge in [0.2, 0.25) is 0 Å². The number of furan rings is 2. The van der Waals surface area contributed by atoms with Crippen LogP contribution in [0.5, 0.6) is 0 Å². The Hall–Kier alpha value is -7.83. The lowest BCUT2D eigenvalue weighted by molar-refractivity contribution is 0.668. The Bertz CT molecular complexity index is 3170. The first-order valence-corrected chi connectivity index (χ1v) is 18.9. The first-order chi connectivity index (χ1) is 28.2. The predicted molar refractivity (Wildman–Crippen MR) is 231 cm³/mol. The van der Waals surface area contributed by atoms with Gasteiger partial charge in [0.1, 0.15) is 22.3 Å². The zero-order valence-corrected chi connectivity index (χ0v) is 30.6. The van der Waals surface area contributed by atoms with Crippen molar-refractivity contribution in [1.29, 1.82) is 0 Å². The molecule has 57 heavy (non-hydrogen) atoms. The third kappa shape index (κ3) is 5.79. The number of hydrogen-bond donors (Lipinski definition) is 0. The van der Waals surface area contributed by atoms with Crippen molar-refractivity contribution in [2.24, 2.45) is 0 Å². The summed E-state index contributed by atoms with van der Waals surface area (Å²) in [4.78, 5) is 17.3. The zero-order valence-electron chi connectivity index (χ0n) is 30.6. The van der Waals surface area contributed by atoms with E-state index in [1.165, 1.54) is 0 Å². The molecule has 11 rings (SSSR count). The van der Waals surface area contributed by atoms with Crippen molar-refractivity contribution in [2.75, 3.05) is 4.90 Å². The number of nitrogens with zero attached hydrogens (tertiary/aromatic N) is 4. The maximum atomic E-state index is 6.56. The lowest BCUT2D eigenvalue weighted by Crippen LogP contribution is -2.09. The van der Waals surface area contributed by atoms with Crippen LogP contribution in [-0.2, 0) is 0 Å². The predicted octanol–water partition coefficient (Wildman–Crippen LogP) is 13.8. The highest BCUT2D eigenvalue weighted by Crippen LogP contribution is 2.43. The van der Waals surface area contributed by atoms with Crippen molar-refractivity contribution in [3.05, 3.63) is 194 Å². The molecule has 0 bridgehead atoms. The SMILES string of the molecule is c1ccc(-c2nc(-c3ccccc3)nc(-c3cc(-c4ccc(N(c5ccccc5)c5ccc6oc7ccccc7c6c5)cc4)c4c(c3)oc3ccccc34)n2)cc1. The minimum absolute atomic E-state index is 0.570. The second kappa shape index (κ2) is 13.5. The Balaban J connectivity index is 1.08. The lowest BCUT2D eigenvalue weighted by Gasteiger charge is -2.25. The first kappa shape index (κ1) is 32.6. The van der Waals surface area contributed by atoms with Gasteiger partial charge >= 0.3 is 0 Å². The van der Waals surface area contributed by atoms with Gasteiger partial charge in [-0.3, -0.25) is 0 Å². The first-order valence-electron chi connectivity index (χ1n) is 18.9. The molecule has 0 aliphatic rings. The number of para-hydroxylation sites is 3. The van der Waals surface area contributed by atoms with Crippen LogP contribution < -0.4 is 4.90 Å². The molecule has 0 radical (unpaired) electrons. The molecular weight excluding hydrogens is 701 g/mol. The fourth-order valence-electron chi connectivity index (χ4n) is 7.82. The highest BCUT2D eigenvalue weighted by molar-refractivity contribution is 6.13. The van der Waals surface area contributed by atoms with E-state index in [4.69, 9.17) is 23.8 Å². The van der Waals surface area contributed by atoms with Crippen LogP contribution >= 0.6 is 0 Å². The smallest absolute Gasteiger partial charge is 0.164 e. The van der Waals surface area contributed by atoms with Crippen molar-refractivity contribution < 1.29 is 8.83 Å².